The predicted octanol–water partition coefficient (Wildman–Crippen LogP) is 2.99. The highest BCUT2D eigenvalue weighted by molar-refractivity contribution is 5.92. The van der Waals surface area contributed by atoms with Gasteiger partial charge in [0.05, 0.1) is 19.2 Å². The maximum Gasteiger partial charge on any atom is 0.337 e. The van der Waals surface area contributed by atoms with Crippen LogP contribution in [0, 0.1) is 5.82 Å². The molecule has 148 valence electrons. The number of urea groups is 1. The first-order valence-corrected chi connectivity index (χ1v) is 9.16. The molecule has 0 bridgehead atoms. The van der Waals surface area contributed by atoms with E-state index in [-0.39, 0.29) is 18.1 Å². The van der Waals surface area contributed by atoms with Crippen LogP contribution >= 0.6 is 0 Å². The van der Waals surface area contributed by atoms with Crippen molar-refractivity contribution < 1.29 is 18.7 Å². The van der Waals surface area contributed by atoms with E-state index in [1.807, 2.05) is 37.4 Å². The quantitative estimate of drug-likeness (QED) is 0.760. The van der Waals surface area contributed by atoms with Crippen LogP contribution in [0.3, 0.4) is 0 Å². The number of halogens is 1. The summed E-state index contributed by atoms with van der Waals surface area (Å²) in [4.78, 5) is 30.3. The Morgan fingerprint density at radius 1 is 1.07 bits per heavy atom. The highest BCUT2D eigenvalue weighted by Gasteiger charge is 2.26. The number of piperazine rings is 1. The zero-order chi connectivity index (χ0) is 20.1. The van der Waals surface area contributed by atoms with Crippen molar-refractivity contribution in [2.75, 3.05) is 45.2 Å². The highest BCUT2D eigenvalue weighted by atomic mass is 19.1. The summed E-state index contributed by atoms with van der Waals surface area (Å²) in [5.74, 6) is -1.14. The van der Waals surface area contributed by atoms with Gasteiger partial charge in [0.15, 0.2) is 0 Å². The van der Waals surface area contributed by atoms with E-state index in [2.05, 4.69) is 9.64 Å². The molecule has 0 saturated carbocycles. The van der Waals surface area contributed by atoms with Gasteiger partial charge in [-0.1, -0.05) is 24.3 Å². The number of carbonyl (C=O) groups excluding carboxylic acids is 2. The first kappa shape index (κ1) is 19.8. The van der Waals surface area contributed by atoms with E-state index in [0.29, 0.717) is 24.3 Å². The molecule has 6 nitrogen and oxygen atoms in total. The third-order valence-electron chi connectivity index (χ3n) is 4.88. The molecule has 0 unspecified atom stereocenters. The van der Waals surface area contributed by atoms with Crippen molar-refractivity contribution in [2.24, 2.45) is 0 Å². The Morgan fingerprint density at radius 2 is 1.75 bits per heavy atom. The van der Waals surface area contributed by atoms with E-state index in [1.165, 1.54) is 19.2 Å². The summed E-state index contributed by atoms with van der Waals surface area (Å²) < 4.78 is 19.2. The van der Waals surface area contributed by atoms with E-state index >= 15 is 0 Å². The van der Waals surface area contributed by atoms with Gasteiger partial charge in [0.2, 0.25) is 0 Å². The Balaban J connectivity index is 1.86. The molecule has 28 heavy (non-hydrogen) atoms. The van der Waals surface area contributed by atoms with Gasteiger partial charge in [-0.3, -0.25) is 4.90 Å². The summed E-state index contributed by atoms with van der Waals surface area (Å²) in [7, 11) is 3.27. The third kappa shape index (κ3) is 4.48. The summed E-state index contributed by atoms with van der Waals surface area (Å²) in [5, 5.41) is 0. The number of carbonyl (C=O) groups is 2. The van der Waals surface area contributed by atoms with Crippen LogP contribution < -0.4 is 4.90 Å². The Hall–Kier alpha value is -2.93. The van der Waals surface area contributed by atoms with Gasteiger partial charge in [-0.05, 0) is 31.3 Å². The highest BCUT2D eigenvalue weighted by Crippen LogP contribution is 2.22. The lowest BCUT2D eigenvalue weighted by molar-refractivity contribution is 0.0600. The fourth-order valence-electron chi connectivity index (χ4n) is 3.14. The topological polar surface area (TPSA) is 53.1 Å². The van der Waals surface area contributed by atoms with Crippen molar-refractivity contribution >= 4 is 17.7 Å². The summed E-state index contributed by atoms with van der Waals surface area (Å²) in [6.45, 7) is 2.93. The van der Waals surface area contributed by atoms with E-state index in [0.717, 1.165) is 19.2 Å². The summed E-state index contributed by atoms with van der Waals surface area (Å²) in [6.07, 6.45) is 0. The molecule has 0 spiro atoms. The molecule has 0 N–H and O–H groups in total. The first-order chi connectivity index (χ1) is 13.5. The molecule has 2 aromatic carbocycles. The standard InChI is InChI=1S/C21H24FN3O3/c1-23-10-12-24(13-11-23)21(27)25(18-6-4-3-5-7-18)15-17-9-8-16(14-19(17)22)20(26)28-2/h3-9,14H,10-13,15H2,1-2H3. The second-order valence-electron chi connectivity index (χ2n) is 6.79. The number of esters is 1. The van der Waals surface area contributed by atoms with Crippen molar-refractivity contribution in [3.63, 3.8) is 0 Å². The van der Waals surface area contributed by atoms with Crippen LogP contribution in [-0.4, -0.2) is 62.1 Å². The van der Waals surface area contributed by atoms with Gasteiger partial charge in [-0.25, -0.2) is 14.0 Å². The number of rotatable bonds is 4. The second-order valence-corrected chi connectivity index (χ2v) is 6.79. The maximum atomic E-state index is 14.6. The zero-order valence-corrected chi connectivity index (χ0v) is 16.1. The van der Waals surface area contributed by atoms with Gasteiger partial charge in [0, 0.05) is 37.4 Å². The molecular weight excluding hydrogens is 361 g/mol. The molecule has 1 aliphatic heterocycles. The number of amides is 2. The molecule has 1 aliphatic rings. The average molecular weight is 385 g/mol. The fourth-order valence-corrected chi connectivity index (χ4v) is 3.14. The molecule has 1 fully saturated rings. The lowest BCUT2D eigenvalue weighted by atomic mass is 10.1. The molecule has 7 heteroatoms. The Morgan fingerprint density at radius 3 is 2.36 bits per heavy atom. The van der Waals surface area contributed by atoms with E-state index in [4.69, 9.17) is 0 Å². The van der Waals surface area contributed by atoms with Gasteiger partial charge in [0.1, 0.15) is 5.82 Å². The molecule has 2 amide bonds. The van der Waals surface area contributed by atoms with E-state index < -0.39 is 11.8 Å². The van der Waals surface area contributed by atoms with Crippen molar-refractivity contribution in [1.29, 1.82) is 0 Å². The lowest BCUT2D eigenvalue weighted by Gasteiger charge is -2.36. The number of hydrogen-bond donors (Lipinski definition) is 0. The molecule has 0 aromatic heterocycles. The van der Waals surface area contributed by atoms with Gasteiger partial charge >= 0.3 is 12.0 Å². The molecule has 3 rings (SSSR count). The summed E-state index contributed by atoms with van der Waals surface area (Å²) in [5.41, 5.74) is 1.17. The molecule has 2 aromatic rings. The van der Waals surface area contributed by atoms with Gasteiger partial charge < -0.3 is 14.5 Å². The first-order valence-electron chi connectivity index (χ1n) is 9.16. The van der Waals surface area contributed by atoms with E-state index in [9.17, 15) is 14.0 Å². The number of methoxy groups -OCH3 is 1. The van der Waals surface area contributed by atoms with Crippen LogP contribution in [0.25, 0.3) is 0 Å². The third-order valence-corrected chi connectivity index (χ3v) is 4.88. The SMILES string of the molecule is COC(=O)c1ccc(CN(C(=O)N2CCN(C)CC2)c2ccccc2)c(F)c1. The van der Waals surface area contributed by atoms with Gasteiger partial charge in [-0.15, -0.1) is 0 Å². The number of para-hydroxylation sites is 1. The number of nitrogens with zero attached hydrogens (tertiary/aromatic N) is 3. The van der Waals surface area contributed by atoms with Gasteiger partial charge in [-0.2, -0.15) is 0 Å². The molecular formula is C21H24FN3O3. The molecule has 1 saturated heterocycles. The number of anilines is 1. The Labute approximate surface area is 164 Å². The predicted molar refractivity (Wildman–Crippen MR) is 105 cm³/mol. The van der Waals surface area contributed by atoms with Crippen molar-refractivity contribution in [2.45, 2.75) is 6.54 Å². The van der Waals surface area contributed by atoms with Crippen LogP contribution in [0.4, 0.5) is 14.9 Å². The number of benzene rings is 2. The van der Waals surface area contributed by atoms with Crippen LogP contribution in [0.5, 0.6) is 0 Å². The summed E-state index contributed by atoms with van der Waals surface area (Å²) >= 11 is 0. The minimum atomic E-state index is -0.598. The molecule has 1 heterocycles. The lowest BCUT2D eigenvalue weighted by Crippen LogP contribution is -2.52. The maximum absolute atomic E-state index is 14.6. The van der Waals surface area contributed by atoms with Crippen LogP contribution in [-0.2, 0) is 11.3 Å². The van der Waals surface area contributed by atoms with Crippen LogP contribution in [0.15, 0.2) is 48.5 Å². The average Bonchev–Trinajstić information content (AvgIpc) is 2.73. The minimum absolute atomic E-state index is 0.0719. The fraction of sp³-hybridized carbons (Fsp3) is 0.333. The molecule has 0 atom stereocenters. The normalized spacial score (nSPS) is 14.6. The smallest absolute Gasteiger partial charge is 0.337 e. The van der Waals surface area contributed by atoms with E-state index in [1.54, 1.807) is 9.80 Å². The minimum Gasteiger partial charge on any atom is -0.465 e. The van der Waals surface area contributed by atoms with Crippen LogP contribution in [0.2, 0.25) is 0 Å². The largest absolute Gasteiger partial charge is 0.465 e. The Bertz CT molecular complexity index is 836. The summed E-state index contributed by atoms with van der Waals surface area (Å²) in [6, 6.07) is 13.2. The number of hydrogen-bond acceptors (Lipinski definition) is 4. The monoisotopic (exact) mass is 385 g/mol. The number of ether oxygens (including phenoxy) is 1. The second kappa shape index (κ2) is 8.84. The number of likely N-dealkylation sites (N-methyl/N-ethyl adjacent to an activating group) is 1. The van der Waals surface area contributed by atoms with Gasteiger partial charge in [0.25, 0.3) is 0 Å². The van der Waals surface area contributed by atoms with Crippen molar-refractivity contribution in [3.05, 3.63) is 65.5 Å². The zero-order valence-electron chi connectivity index (χ0n) is 16.1. The van der Waals surface area contributed by atoms with Crippen molar-refractivity contribution in [1.82, 2.24) is 9.80 Å². The van der Waals surface area contributed by atoms with Crippen molar-refractivity contribution in [3.8, 4) is 0 Å². The molecule has 0 aliphatic carbocycles. The molecule has 0 radical (unpaired) electrons. The Kier molecular flexibility index (Phi) is 6.26. The van der Waals surface area contributed by atoms with Crippen LogP contribution in [0.1, 0.15) is 15.9 Å².